The molecule has 0 atom stereocenters. The number of aromatic nitrogens is 2. The summed E-state index contributed by atoms with van der Waals surface area (Å²) < 4.78 is 13.0. The van der Waals surface area contributed by atoms with Gasteiger partial charge in [0.15, 0.2) is 5.82 Å². The molecule has 1 saturated heterocycles. The van der Waals surface area contributed by atoms with Crippen LogP contribution in [0.5, 0.6) is 0 Å². The van der Waals surface area contributed by atoms with Crippen molar-refractivity contribution in [3.63, 3.8) is 0 Å². The minimum atomic E-state index is -0.309. The van der Waals surface area contributed by atoms with Gasteiger partial charge >= 0.3 is 0 Å². The maximum atomic E-state index is 13.0. The molecule has 0 saturated carbocycles. The number of rotatable bonds is 5. The van der Waals surface area contributed by atoms with E-state index < -0.39 is 0 Å². The highest BCUT2D eigenvalue weighted by atomic mass is 19.1. The van der Waals surface area contributed by atoms with Crippen molar-refractivity contribution in [2.45, 2.75) is 26.2 Å². The predicted octanol–water partition coefficient (Wildman–Crippen LogP) is 4.70. The Morgan fingerprint density at radius 1 is 1.00 bits per heavy atom. The average Bonchev–Trinajstić information content (AvgIpc) is 2.77. The molecule has 5 nitrogen and oxygen atoms in total. The number of halogens is 1. The van der Waals surface area contributed by atoms with E-state index in [9.17, 15) is 9.18 Å². The van der Waals surface area contributed by atoms with Gasteiger partial charge in [0.25, 0.3) is 0 Å². The fraction of sp³-hybridized carbons (Fsp3) is 0.292. The smallest absolute Gasteiger partial charge is 0.228 e. The monoisotopic (exact) mass is 404 g/mol. The molecule has 154 valence electrons. The van der Waals surface area contributed by atoms with E-state index in [-0.39, 0.29) is 18.1 Å². The van der Waals surface area contributed by atoms with E-state index in [0.717, 1.165) is 41.6 Å². The largest absolute Gasteiger partial charge is 0.355 e. The van der Waals surface area contributed by atoms with Gasteiger partial charge in [-0.15, -0.1) is 10.2 Å². The lowest BCUT2D eigenvalue weighted by Gasteiger charge is -2.30. The molecule has 0 spiro atoms. The van der Waals surface area contributed by atoms with Gasteiger partial charge in [-0.1, -0.05) is 31.2 Å². The Hall–Kier alpha value is -3.28. The molecule has 0 radical (unpaired) electrons. The van der Waals surface area contributed by atoms with Crippen LogP contribution in [0.4, 0.5) is 15.9 Å². The molecular formula is C24H25FN4O. The average molecular weight is 404 g/mol. The van der Waals surface area contributed by atoms with Gasteiger partial charge in [0.05, 0.1) is 12.1 Å². The molecule has 1 aliphatic heterocycles. The zero-order valence-electron chi connectivity index (χ0n) is 17.0. The summed E-state index contributed by atoms with van der Waals surface area (Å²) in [5, 5.41) is 11.7. The molecule has 0 bridgehead atoms. The standard InChI is InChI=1S/C24H25FN4O/c1-17-12-14-29(15-13-17)23-11-10-22(27-28-23)19-4-8-21(9-5-19)26-24(30)16-18-2-6-20(25)7-3-18/h2-11,17H,12-16H2,1H3,(H,26,30). The number of piperidine rings is 1. The van der Waals surface area contributed by atoms with Crippen LogP contribution in [0.25, 0.3) is 11.3 Å². The number of hydrogen-bond acceptors (Lipinski definition) is 4. The van der Waals surface area contributed by atoms with Gasteiger partial charge in [0, 0.05) is 24.3 Å². The molecule has 2 aromatic carbocycles. The van der Waals surface area contributed by atoms with E-state index in [2.05, 4.69) is 27.3 Å². The third kappa shape index (κ3) is 5.00. The maximum Gasteiger partial charge on any atom is 0.228 e. The van der Waals surface area contributed by atoms with E-state index in [0.29, 0.717) is 5.69 Å². The van der Waals surface area contributed by atoms with Crippen molar-refractivity contribution in [2.24, 2.45) is 5.92 Å². The van der Waals surface area contributed by atoms with Gasteiger partial charge in [0.1, 0.15) is 5.82 Å². The van der Waals surface area contributed by atoms with Crippen molar-refractivity contribution in [1.29, 1.82) is 0 Å². The van der Waals surface area contributed by atoms with E-state index in [4.69, 9.17) is 0 Å². The molecule has 1 aromatic heterocycles. The normalized spacial score (nSPS) is 14.5. The second kappa shape index (κ2) is 9.03. The molecule has 1 N–H and O–H groups in total. The number of benzene rings is 2. The molecule has 6 heteroatoms. The van der Waals surface area contributed by atoms with Crippen LogP contribution in [0.2, 0.25) is 0 Å². The van der Waals surface area contributed by atoms with Crippen molar-refractivity contribution < 1.29 is 9.18 Å². The van der Waals surface area contributed by atoms with Crippen LogP contribution in [0, 0.1) is 11.7 Å². The summed E-state index contributed by atoms with van der Waals surface area (Å²) in [6, 6.07) is 17.5. The Labute approximate surface area is 176 Å². The number of carbonyl (C=O) groups excluding carboxylic acids is 1. The molecule has 1 amide bonds. The minimum absolute atomic E-state index is 0.144. The third-order valence-corrected chi connectivity index (χ3v) is 5.50. The highest BCUT2D eigenvalue weighted by Crippen LogP contribution is 2.24. The summed E-state index contributed by atoms with van der Waals surface area (Å²) in [6.45, 7) is 4.35. The van der Waals surface area contributed by atoms with Gasteiger partial charge in [-0.2, -0.15) is 0 Å². The Bertz CT molecular complexity index is 979. The molecule has 4 rings (SSSR count). The molecule has 30 heavy (non-hydrogen) atoms. The molecule has 1 fully saturated rings. The fourth-order valence-electron chi connectivity index (χ4n) is 3.60. The molecule has 2 heterocycles. The second-order valence-corrected chi connectivity index (χ2v) is 7.88. The van der Waals surface area contributed by atoms with Crippen LogP contribution in [-0.4, -0.2) is 29.2 Å². The summed E-state index contributed by atoms with van der Waals surface area (Å²) in [5.74, 6) is 1.25. The first-order valence-corrected chi connectivity index (χ1v) is 10.3. The number of anilines is 2. The van der Waals surface area contributed by atoms with Crippen LogP contribution in [-0.2, 0) is 11.2 Å². The first-order valence-electron chi connectivity index (χ1n) is 10.3. The van der Waals surface area contributed by atoms with Crippen LogP contribution < -0.4 is 10.2 Å². The topological polar surface area (TPSA) is 58.1 Å². The molecule has 3 aromatic rings. The van der Waals surface area contributed by atoms with Crippen molar-refractivity contribution >= 4 is 17.4 Å². The van der Waals surface area contributed by atoms with Gasteiger partial charge in [-0.05, 0) is 60.7 Å². The first-order chi connectivity index (χ1) is 14.6. The lowest BCUT2D eigenvalue weighted by atomic mass is 9.99. The SMILES string of the molecule is CC1CCN(c2ccc(-c3ccc(NC(=O)Cc4ccc(F)cc4)cc3)nn2)CC1. The number of amides is 1. The quantitative estimate of drug-likeness (QED) is 0.670. The Kier molecular flexibility index (Phi) is 6.02. The molecule has 0 unspecified atom stereocenters. The number of nitrogens with zero attached hydrogens (tertiary/aromatic N) is 3. The van der Waals surface area contributed by atoms with Crippen LogP contribution in [0.1, 0.15) is 25.3 Å². The van der Waals surface area contributed by atoms with Gasteiger partial charge in [0.2, 0.25) is 5.91 Å². The number of carbonyl (C=O) groups is 1. The Morgan fingerprint density at radius 2 is 1.70 bits per heavy atom. The second-order valence-electron chi connectivity index (χ2n) is 7.88. The van der Waals surface area contributed by atoms with E-state index in [1.165, 1.54) is 25.0 Å². The lowest BCUT2D eigenvalue weighted by Crippen LogP contribution is -2.33. The number of hydrogen-bond donors (Lipinski definition) is 1. The lowest BCUT2D eigenvalue weighted by molar-refractivity contribution is -0.115. The van der Waals surface area contributed by atoms with Gasteiger partial charge in [-0.25, -0.2) is 4.39 Å². The van der Waals surface area contributed by atoms with Crippen molar-refractivity contribution in [3.05, 3.63) is 72.0 Å². The predicted molar refractivity (Wildman–Crippen MR) is 117 cm³/mol. The molecule has 1 aliphatic rings. The van der Waals surface area contributed by atoms with E-state index in [1.807, 2.05) is 36.4 Å². The zero-order chi connectivity index (χ0) is 20.9. The maximum absolute atomic E-state index is 13.0. The summed E-state index contributed by atoms with van der Waals surface area (Å²) in [4.78, 5) is 14.5. The third-order valence-electron chi connectivity index (χ3n) is 5.50. The number of nitrogens with one attached hydrogen (secondary N) is 1. The highest BCUT2D eigenvalue weighted by molar-refractivity contribution is 5.92. The molecular weight excluding hydrogens is 379 g/mol. The first kappa shape index (κ1) is 20.0. The summed E-state index contributed by atoms with van der Waals surface area (Å²) in [7, 11) is 0. The Morgan fingerprint density at radius 3 is 2.33 bits per heavy atom. The Balaban J connectivity index is 1.36. The summed E-state index contributed by atoms with van der Waals surface area (Å²) in [6.07, 6.45) is 2.58. The molecule has 0 aliphatic carbocycles. The van der Waals surface area contributed by atoms with Crippen LogP contribution in [0.15, 0.2) is 60.7 Å². The summed E-state index contributed by atoms with van der Waals surface area (Å²) >= 11 is 0. The van der Waals surface area contributed by atoms with E-state index >= 15 is 0 Å². The zero-order valence-corrected chi connectivity index (χ0v) is 17.0. The van der Waals surface area contributed by atoms with E-state index in [1.54, 1.807) is 12.1 Å². The van der Waals surface area contributed by atoms with Crippen LogP contribution >= 0.6 is 0 Å². The fourth-order valence-corrected chi connectivity index (χ4v) is 3.60. The summed E-state index contributed by atoms with van der Waals surface area (Å²) in [5.41, 5.74) is 3.22. The van der Waals surface area contributed by atoms with Crippen molar-refractivity contribution in [2.75, 3.05) is 23.3 Å². The van der Waals surface area contributed by atoms with Crippen molar-refractivity contribution in [3.8, 4) is 11.3 Å². The highest BCUT2D eigenvalue weighted by Gasteiger charge is 2.17. The van der Waals surface area contributed by atoms with Gasteiger partial charge < -0.3 is 10.2 Å². The minimum Gasteiger partial charge on any atom is -0.355 e. The van der Waals surface area contributed by atoms with Crippen LogP contribution in [0.3, 0.4) is 0 Å². The van der Waals surface area contributed by atoms with Gasteiger partial charge in [-0.3, -0.25) is 4.79 Å². The van der Waals surface area contributed by atoms with Crippen molar-refractivity contribution in [1.82, 2.24) is 10.2 Å².